The number of hydrogen-bond acceptors (Lipinski definition) is 3. The molecular formula is C18H23F3N2O3S. The highest BCUT2D eigenvalue weighted by atomic mass is 32.2. The van der Waals surface area contributed by atoms with E-state index in [4.69, 9.17) is 0 Å². The molecule has 1 aromatic carbocycles. The molecule has 0 heterocycles. The van der Waals surface area contributed by atoms with E-state index < -0.39 is 32.4 Å². The lowest BCUT2D eigenvalue weighted by atomic mass is 9.40. The molecule has 3 aliphatic carbocycles. The number of rotatable bonds is 4. The topological polar surface area (TPSA) is 75.3 Å². The minimum absolute atomic E-state index is 0.159. The second-order valence-electron chi connectivity index (χ2n) is 9.05. The van der Waals surface area contributed by atoms with E-state index in [1.165, 1.54) is 20.8 Å². The second-order valence-corrected chi connectivity index (χ2v) is 11.5. The molecule has 1 amide bonds. The molecule has 5 nitrogen and oxygen atoms in total. The zero-order chi connectivity index (χ0) is 20.5. The van der Waals surface area contributed by atoms with Gasteiger partial charge in [0, 0.05) is 5.54 Å². The average molecular weight is 404 g/mol. The number of anilines is 1. The smallest absolute Gasteiger partial charge is 0.346 e. The molecule has 0 aliphatic heterocycles. The molecule has 150 valence electrons. The standard InChI is InChI=1S/C18H23F3N2O3S/c1-15(2,3)27(25,26)23-13-6-5-11(18(19,20)21)7-12(13)14(24)22-17-8-16(4,9-17)10-17/h5-7,23H,8-10H2,1-4H3,(H,22,24). The van der Waals surface area contributed by atoms with Crippen LogP contribution in [-0.4, -0.2) is 24.6 Å². The van der Waals surface area contributed by atoms with Gasteiger partial charge >= 0.3 is 6.18 Å². The van der Waals surface area contributed by atoms with E-state index in [0.29, 0.717) is 6.07 Å². The van der Waals surface area contributed by atoms with Crippen LogP contribution in [0.4, 0.5) is 18.9 Å². The lowest BCUT2D eigenvalue weighted by Gasteiger charge is -2.69. The molecule has 3 fully saturated rings. The van der Waals surface area contributed by atoms with Crippen molar-refractivity contribution in [2.24, 2.45) is 5.41 Å². The molecular weight excluding hydrogens is 381 g/mol. The Kier molecular flexibility index (Phi) is 4.16. The maximum Gasteiger partial charge on any atom is 0.416 e. The van der Waals surface area contributed by atoms with Gasteiger partial charge in [-0.15, -0.1) is 0 Å². The third kappa shape index (κ3) is 3.53. The van der Waals surface area contributed by atoms with Gasteiger partial charge in [0.2, 0.25) is 10.0 Å². The monoisotopic (exact) mass is 404 g/mol. The van der Waals surface area contributed by atoms with Crippen LogP contribution in [0.1, 0.15) is 62.9 Å². The van der Waals surface area contributed by atoms with Crippen LogP contribution < -0.4 is 10.0 Å². The Hall–Kier alpha value is -1.77. The first-order chi connectivity index (χ1) is 12.1. The minimum atomic E-state index is -4.64. The number of nitrogens with one attached hydrogen (secondary N) is 2. The Labute approximate surface area is 156 Å². The van der Waals surface area contributed by atoms with Gasteiger partial charge in [0.15, 0.2) is 0 Å². The summed E-state index contributed by atoms with van der Waals surface area (Å²) in [6.07, 6.45) is -2.28. The molecule has 0 unspecified atom stereocenters. The molecule has 3 saturated carbocycles. The fraction of sp³-hybridized carbons (Fsp3) is 0.611. The number of carbonyl (C=O) groups excluding carboxylic acids is 1. The van der Waals surface area contributed by atoms with Gasteiger partial charge < -0.3 is 5.32 Å². The van der Waals surface area contributed by atoms with Crippen molar-refractivity contribution in [3.8, 4) is 0 Å². The summed E-state index contributed by atoms with van der Waals surface area (Å²) in [5.41, 5.74) is -1.66. The SMILES string of the molecule is CC12CC(NC(=O)c3cc(C(F)(F)F)ccc3NS(=O)(=O)C(C)(C)C)(C1)C2. The maximum atomic E-state index is 13.1. The van der Waals surface area contributed by atoms with E-state index in [1.54, 1.807) is 0 Å². The molecule has 1 aromatic rings. The predicted octanol–water partition coefficient (Wildman–Crippen LogP) is 3.92. The number of benzene rings is 1. The molecule has 0 saturated heterocycles. The molecule has 3 aliphatic rings. The van der Waals surface area contributed by atoms with Crippen LogP contribution in [0.2, 0.25) is 0 Å². The first-order valence-corrected chi connectivity index (χ1v) is 10.1. The fourth-order valence-corrected chi connectivity index (χ4v) is 4.81. The van der Waals surface area contributed by atoms with Gasteiger partial charge in [-0.1, -0.05) is 6.92 Å². The zero-order valence-electron chi connectivity index (χ0n) is 15.6. The largest absolute Gasteiger partial charge is 0.416 e. The Bertz CT molecular complexity index is 882. The number of halogens is 3. The van der Waals surface area contributed by atoms with Gasteiger partial charge in [-0.3, -0.25) is 9.52 Å². The van der Waals surface area contributed by atoms with Crippen LogP contribution in [-0.2, 0) is 16.2 Å². The van der Waals surface area contributed by atoms with Crippen LogP contribution in [0.3, 0.4) is 0 Å². The number of hydrogen-bond donors (Lipinski definition) is 2. The summed E-state index contributed by atoms with van der Waals surface area (Å²) >= 11 is 0. The highest BCUT2D eigenvalue weighted by Crippen LogP contribution is 2.66. The summed E-state index contributed by atoms with van der Waals surface area (Å²) in [7, 11) is -3.90. The molecule has 2 N–H and O–H groups in total. The van der Waals surface area contributed by atoms with E-state index in [0.717, 1.165) is 31.4 Å². The van der Waals surface area contributed by atoms with E-state index in [2.05, 4.69) is 17.0 Å². The first-order valence-electron chi connectivity index (χ1n) is 8.62. The lowest BCUT2D eigenvalue weighted by molar-refractivity contribution is -0.137. The number of amides is 1. The van der Waals surface area contributed by atoms with Crippen LogP contribution in [0.25, 0.3) is 0 Å². The number of sulfonamides is 1. The van der Waals surface area contributed by atoms with Gasteiger partial charge in [-0.05, 0) is 63.6 Å². The highest BCUT2D eigenvalue weighted by molar-refractivity contribution is 7.94. The second kappa shape index (κ2) is 5.62. The summed E-state index contributed by atoms with van der Waals surface area (Å²) in [4.78, 5) is 12.7. The minimum Gasteiger partial charge on any atom is -0.346 e. The van der Waals surface area contributed by atoms with Crippen LogP contribution >= 0.6 is 0 Å². The normalized spacial score (nSPS) is 27.4. The lowest BCUT2D eigenvalue weighted by Crippen LogP contribution is -2.73. The van der Waals surface area contributed by atoms with Crippen molar-refractivity contribution in [2.45, 2.75) is 63.4 Å². The summed E-state index contributed by atoms with van der Waals surface area (Å²) in [6.45, 7) is 6.47. The van der Waals surface area contributed by atoms with Crippen LogP contribution in [0, 0.1) is 5.41 Å². The van der Waals surface area contributed by atoms with Crippen molar-refractivity contribution in [3.63, 3.8) is 0 Å². The number of alkyl halides is 3. The predicted molar refractivity (Wildman–Crippen MR) is 95.9 cm³/mol. The van der Waals surface area contributed by atoms with Crippen molar-refractivity contribution < 1.29 is 26.4 Å². The fourth-order valence-electron chi connectivity index (χ4n) is 4.03. The van der Waals surface area contributed by atoms with Gasteiger partial charge in [0.25, 0.3) is 5.91 Å². The van der Waals surface area contributed by atoms with E-state index in [1.807, 2.05) is 0 Å². The molecule has 0 aromatic heterocycles. The quantitative estimate of drug-likeness (QED) is 0.799. The van der Waals surface area contributed by atoms with Crippen molar-refractivity contribution in [2.75, 3.05) is 4.72 Å². The molecule has 9 heteroatoms. The first kappa shape index (κ1) is 20.0. The van der Waals surface area contributed by atoms with Crippen molar-refractivity contribution in [3.05, 3.63) is 29.3 Å². The van der Waals surface area contributed by atoms with Crippen molar-refractivity contribution in [1.29, 1.82) is 0 Å². The van der Waals surface area contributed by atoms with Gasteiger partial charge in [0.1, 0.15) is 0 Å². The molecule has 27 heavy (non-hydrogen) atoms. The molecule has 0 spiro atoms. The van der Waals surface area contributed by atoms with Gasteiger partial charge in [-0.25, -0.2) is 8.42 Å². The summed E-state index contributed by atoms with van der Waals surface area (Å²) in [6, 6.07) is 2.45. The summed E-state index contributed by atoms with van der Waals surface area (Å²) < 4.78 is 65.2. The third-order valence-corrected chi connectivity index (χ3v) is 7.42. The van der Waals surface area contributed by atoms with E-state index in [9.17, 15) is 26.4 Å². The molecule has 4 rings (SSSR count). The van der Waals surface area contributed by atoms with Crippen molar-refractivity contribution >= 4 is 21.6 Å². The Morgan fingerprint density at radius 3 is 2.11 bits per heavy atom. The Morgan fingerprint density at radius 2 is 1.67 bits per heavy atom. The highest BCUT2D eigenvalue weighted by Gasteiger charge is 2.65. The van der Waals surface area contributed by atoms with Gasteiger partial charge in [0.05, 0.1) is 21.6 Å². The number of carbonyl (C=O) groups is 1. The van der Waals surface area contributed by atoms with E-state index >= 15 is 0 Å². The van der Waals surface area contributed by atoms with Crippen LogP contribution in [0.15, 0.2) is 18.2 Å². The van der Waals surface area contributed by atoms with Gasteiger partial charge in [-0.2, -0.15) is 13.2 Å². The van der Waals surface area contributed by atoms with Crippen LogP contribution in [0.5, 0.6) is 0 Å². The summed E-state index contributed by atoms with van der Waals surface area (Å²) in [5.74, 6) is -0.700. The third-order valence-electron chi connectivity index (χ3n) is 5.32. The molecule has 0 radical (unpaired) electrons. The molecule has 2 bridgehead atoms. The zero-order valence-corrected chi connectivity index (χ0v) is 16.4. The van der Waals surface area contributed by atoms with Crippen molar-refractivity contribution in [1.82, 2.24) is 5.32 Å². The Balaban J connectivity index is 1.94. The average Bonchev–Trinajstić information content (AvgIpc) is 2.41. The van der Waals surface area contributed by atoms with E-state index in [-0.39, 0.29) is 22.2 Å². The Morgan fingerprint density at radius 1 is 1.11 bits per heavy atom. The summed E-state index contributed by atoms with van der Waals surface area (Å²) in [5, 5.41) is 2.80. The molecule has 0 atom stereocenters. The maximum absolute atomic E-state index is 13.1.